The number of carbonyl (C=O) groups excluding carboxylic acids is 2. The largest absolute Gasteiger partial charge is 0.452 e. The van der Waals surface area contributed by atoms with Crippen LogP contribution in [0.1, 0.15) is 34.0 Å². The van der Waals surface area contributed by atoms with E-state index in [4.69, 9.17) is 4.74 Å². The molecule has 1 amide bonds. The van der Waals surface area contributed by atoms with Gasteiger partial charge in [0.15, 0.2) is 6.61 Å². The summed E-state index contributed by atoms with van der Waals surface area (Å²) in [5.41, 5.74) is 4.43. The van der Waals surface area contributed by atoms with Crippen molar-refractivity contribution in [3.8, 4) is 0 Å². The van der Waals surface area contributed by atoms with E-state index in [9.17, 15) is 18.0 Å². The number of sulfonamides is 1. The van der Waals surface area contributed by atoms with E-state index in [1.54, 1.807) is 18.2 Å². The lowest BCUT2D eigenvalue weighted by Gasteiger charge is -2.21. The summed E-state index contributed by atoms with van der Waals surface area (Å²) >= 11 is 0. The summed E-state index contributed by atoms with van der Waals surface area (Å²) in [6.45, 7) is 5.34. The Morgan fingerprint density at radius 1 is 1.14 bits per heavy atom. The van der Waals surface area contributed by atoms with Crippen molar-refractivity contribution in [1.82, 2.24) is 0 Å². The van der Waals surface area contributed by atoms with Crippen LogP contribution in [0.25, 0.3) is 0 Å². The zero-order valence-electron chi connectivity index (χ0n) is 16.9. The van der Waals surface area contributed by atoms with Crippen LogP contribution in [-0.2, 0) is 26.0 Å². The Bertz CT molecular complexity index is 1080. The quantitative estimate of drug-likeness (QED) is 0.757. The highest BCUT2D eigenvalue weighted by Gasteiger charge is 2.32. The fraction of sp³-hybridized carbons (Fsp3) is 0.333. The lowest BCUT2D eigenvalue weighted by molar-refractivity contribution is -0.119. The van der Waals surface area contributed by atoms with Crippen LogP contribution >= 0.6 is 0 Å². The first-order chi connectivity index (χ1) is 13.6. The van der Waals surface area contributed by atoms with Crippen LogP contribution in [0, 0.1) is 13.8 Å². The van der Waals surface area contributed by atoms with Crippen molar-refractivity contribution in [2.75, 3.05) is 22.5 Å². The minimum absolute atomic E-state index is 0.213. The van der Waals surface area contributed by atoms with Gasteiger partial charge >= 0.3 is 5.97 Å². The van der Waals surface area contributed by atoms with Crippen LogP contribution in [0.2, 0.25) is 0 Å². The predicted octanol–water partition coefficient (Wildman–Crippen LogP) is 2.81. The van der Waals surface area contributed by atoms with Crippen molar-refractivity contribution in [2.45, 2.75) is 33.2 Å². The van der Waals surface area contributed by atoms with Gasteiger partial charge in [0.25, 0.3) is 5.91 Å². The number of esters is 1. The van der Waals surface area contributed by atoms with E-state index in [2.05, 4.69) is 5.32 Å². The van der Waals surface area contributed by atoms with Crippen LogP contribution in [0.5, 0.6) is 0 Å². The standard InChI is InChI=1S/C21H24N2O5S/c1-13-5-7-18(9-14(13)2)22-20(24)12-28-21(25)16-6-8-19-17(11-16)10-15(3)23(19)29(4,26)27/h5-9,11,15H,10,12H2,1-4H3,(H,22,24)/t15-/m1/s1. The Morgan fingerprint density at radius 2 is 1.86 bits per heavy atom. The molecule has 29 heavy (non-hydrogen) atoms. The summed E-state index contributed by atoms with van der Waals surface area (Å²) in [6, 6.07) is 10.1. The number of benzene rings is 2. The second-order valence-electron chi connectivity index (χ2n) is 7.38. The minimum Gasteiger partial charge on any atom is -0.452 e. The Balaban J connectivity index is 1.64. The molecule has 0 bridgehead atoms. The van der Waals surface area contributed by atoms with E-state index < -0.39 is 28.5 Å². The SMILES string of the molecule is Cc1ccc(NC(=O)COC(=O)c2ccc3c(c2)C[C@@H](C)N3S(C)(=O)=O)cc1C. The molecule has 154 valence electrons. The van der Waals surface area contributed by atoms with Gasteiger partial charge in [-0.3, -0.25) is 9.10 Å². The van der Waals surface area contributed by atoms with Gasteiger partial charge in [-0.05, 0) is 74.2 Å². The van der Waals surface area contributed by atoms with Gasteiger partial charge in [0.05, 0.1) is 17.5 Å². The highest BCUT2D eigenvalue weighted by Crippen LogP contribution is 2.34. The molecule has 1 aliphatic heterocycles. The maximum atomic E-state index is 12.3. The average molecular weight is 416 g/mol. The number of ether oxygens (including phenoxy) is 1. The molecule has 2 aromatic rings. The van der Waals surface area contributed by atoms with Gasteiger partial charge < -0.3 is 10.1 Å². The molecule has 1 N–H and O–H groups in total. The number of amides is 1. The molecule has 0 saturated carbocycles. The first kappa shape index (κ1) is 20.9. The summed E-state index contributed by atoms with van der Waals surface area (Å²) in [4.78, 5) is 24.4. The maximum absolute atomic E-state index is 12.3. The minimum atomic E-state index is -3.39. The van der Waals surface area contributed by atoms with Crippen molar-refractivity contribution < 1.29 is 22.7 Å². The molecule has 1 aliphatic rings. The van der Waals surface area contributed by atoms with Gasteiger partial charge in [0, 0.05) is 11.7 Å². The Kier molecular flexibility index (Phi) is 5.66. The second kappa shape index (κ2) is 7.87. The van der Waals surface area contributed by atoms with E-state index in [1.165, 1.54) is 10.4 Å². The van der Waals surface area contributed by atoms with Crippen LogP contribution in [-0.4, -0.2) is 39.2 Å². The number of hydrogen-bond donors (Lipinski definition) is 1. The van der Waals surface area contributed by atoms with Gasteiger partial charge in [-0.25, -0.2) is 13.2 Å². The van der Waals surface area contributed by atoms with Crippen LogP contribution in [0.4, 0.5) is 11.4 Å². The number of rotatable bonds is 5. The van der Waals surface area contributed by atoms with Gasteiger partial charge in [-0.2, -0.15) is 0 Å². The molecule has 0 aliphatic carbocycles. The number of nitrogens with zero attached hydrogens (tertiary/aromatic N) is 1. The van der Waals surface area contributed by atoms with E-state index in [0.29, 0.717) is 17.8 Å². The topological polar surface area (TPSA) is 92.8 Å². The third kappa shape index (κ3) is 4.59. The number of aryl methyl sites for hydroxylation is 2. The molecule has 3 rings (SSSR count). The fourth-order valence-corrected chi connectivity index (χ4v) is 4.73. The maximum Gasteiger partial charge on any atom is 0.338 e. The summed E-state index contributed by atoms with van der Waals surface area (Å²) in [7, 11) is -3.39. The summed E-state index contributed by atoms with van der Waals surface area (Å²) < 4.78 is 30.4. The predicted molar refractivity (Wildman–Crippen MR) is 112 cm³/mol. The van der Waals surface area contributed by atoms with E-state index >= 15 is 0 Å². The van der Waals surface area contributed by atoms with Crippen molar-refractivity contribution in [3.63, 3.8) is 0 Å². The van der Waals surface area contributed by atoms with Crippen molar-refractivity contribution in [1.29, 1.82) is 0 Å². The highest BCUT2D eigenvalue weighted by atomic mass is 32.2. The lowest BCUT2D eigenvalue weighted by Crippen LogP contribution is -2.34. The molecule has 7 nitrogen and oxygen atoms in total. The summed E-state index contributed by atoms with van der Waals surface area (Å²) in [5, 5.41) is 2.70. The summed E-state index contributed by atoms with van der Waals surface area (Å²) in [5.74, 6) is -1.06. The molecule has 1 atom stereocenters. The average Bonchev–Trinajstić information content (AvgIpc) is 2.97. The molecule has 0 radical (unpaired) electrons. The van der Waals surface area contributed by atoms with E-state index in [1.807, 2.05) is 32.9 Å². The number of hydrogen-bond acceptors (Lipinski definition) is 5. The van der Waals surface area contributed by atoms with E-state index in [0.717, 1.165) is 22.9 Å². The monoisotopic (exact) mass is 416 g/mol. The van der Waals surface area contributed by atoms with Crippen LogP contribution < -0.4 is 9.62 Å². The Labute approximate surface area is 170 Å². The zero-order valence-corrected chi connectivity index (χ0v) is 17.7. The van der Waals surface area contributed by atoms with Crippen molar-refractivity contribution >= 4 is 33.3 Å². The number of carbonyl (C=O) groups is 2. The molecule has 0 spiro atoms. The third-order valence-corrected chi connectivity index (χ3v) is 6.22. The number of fused-ring (bicyclic) bond motifs is 1. The number of nitrogens with one attached hydrogen (secondary N) is 1. The summed E-state index contributed by atoms with van der Waals surface area (Å²) in [6.07, 6.45) is 1.67. The van der Waals surface area contributed by atoms with E-state index in [-0.39, 0.29) is 11.6 Å². The van der Waals surface area contributed by atoms with Gasteiger partial charge in [-0.15, -0.1) is 0 Å². The van der Waals surface area contributed by atoms with Crippen molar-refractivity contribution in [3.05, 3.63) is 58.7 Å². The zero-order chi connectivity index (χ0) is 21.3. The number of anilines is 2. The van der Waals surface area contributed by atoms with Gasteiger partial charge in [-0.1, -0.05) is 6.07 Å². The van der Waals surface area contributed by atoms with Gasteiger partial charge in [0.2, 0.25) is 10.0 Å². The molecule has 0 aromatic heterocycles. The Morgan fingerprint density at radius 3 is 2.52 bits per heavy atom. The smallest absolute Gasteiger partial charge is 0.338 e. The third-order valence-electron chi connectivity index (χ3n) is 4.95. The molecule has 0 fully saturated rings. The van der Waals surface area contributed by atoms with Crippen LogP contribution in [0.15, 0.2) is 36.4 Å². The second-order valence-corrected chi connectivity index (χ2v) is 9.24. The van der Waals surface area contributed by atoms with Crippen molar-refractivity contribution in [2.24, 2.45) is 0 Å². The molecule has 1 heterocycles. The van der Waals surface area contributed by atoms with Gasteiger partial charge in [0.1, 0.15) is 0 Å². The normalized spacial score (nSPS) is 15.7. The molecular formula is C21H24N2O5S. The molecular weight excluding hydrogens is 392 g/mol. The molecule has 2 aromatic carbocycles. The molecule has 0 saturated heterocycles. The highest BCUT2D eigenvalue weighted by molar-refractivity contribution is 7.92. The first-order valence-electron chi connectivity index (χ1n) is 9.23. The first-order valence-corrected chi connectivity index (χ1v) is 11.1. The fourth-order valence-electron chi connectivity index (χ4n) is 3.47. The van der Waals surface area contributed by atoms with Crippen LogP contribution in [0.3, 0.4) is 0 Å². The molecule has 8 heteroatoms. The Hall–Kier alpha value is -2.87. The lowest BCUT2D eigenvalue weighted by atomic mass is 10.1. The molecule has 0 unspecified atom stereocenters.